The lowest BCUT2D eigenvalue weighted by atomic mass is 9.86. The number of halogens is 1. The van der Waals surface area contributed by atoms with Crippen LogP contribution in [0.15, 0.2) is 66.9 Å². The molecule has 4 rings (SSSR count). The molecule has 0 N–H and O–H groups in total. The molecule has 0 bridgehead atoms. The topological polar surface area (TPSA) is 45.6 Å². The quantitative estimate of drug-likeness (QED) is 0.496. The van der Waals surface area contributed by atoms with E-state index in [1.165, 1.54) is 12.1 Å². The zero-order chi connectivity index (χ0) is 25.3. The van der Waals surface area contributed by atoms with Crippen molar-refractivity contribution in [3.05, 3.63) is 95.1 Å². The first-order valence-corrected chi connectivity index (χ1v) is 12.2. The number of amides is 2. The van der Waals surface area contributed by atoms with Crippen molar-refractivity contribution in [2.75, 3.05) is 13.1 Å². The van der Waals surface area contributed by atoms with E-state index in [9.17, 15) is 14.0 Å². The summed E-state index contributed by atoms with van der Waals surface area (Å²) in [5.41, 5.74) is 3.37. The highest BCUT2D eigenvalue weighted by Gasteiger charge is 2.34. The summed E-state index contributed by atoms with van der Waals surface area (Å²) in [5.74, 6) is -0.659. The van der Waals surface area contributed by atoms with Crippen LogP contribution in [0.3, 0.4) is 0 Å². The molecule has 1 aromatic heterocycles. The van der Waals surface area contributed by atoms with Crippen LogP contribution in [-0.4, -0.2) is 45.3 Å². The summed E-state index contributed by atoms with van der Waals surface area (Å²) < 4.78 is 16.2. The second-order valence-electron chi connectivity index (χ2n) is 10.5. The molecule has 2 amide bonds. The molecule has 35 heavy (non-hydrogen) atoms. The minimum absolute atomic E-state index is 0.00682. The average molecular weight is 476 g/mol. The molecule has 1 aliphatic heterocycles. The van der Waals surface area contributed by atoms with Gasteiger partial charge < -0.3 is 14.4 Å². The first-order chi connectivity index (χ1) is 16.6. The van der Waals surface area contributed by atoms with Crippen LogP contribution in [0.4, 0.5) is 4.39 Å². The van der Waals surface area contributed by atoms with Crippen molar-refractivity contribution < 1.29 is 14.0 Å². The van der Waals surface area contributed by atoms with Crippen LogP contribution in [0.1, 0.15) is 67.8 Å². The summed E-state index contributed by atoms with van der Waals surface area (Å²) in [7, 11) is 0. The molecule has 184 valence electrons. The van der Waals surface area contributed by atoms with E-state index in [-0.39, 0.29) is 35.6 Å². The van der Waals surface area contributed by atoms with Gasteiger partial charge in [0.1, 0.15) is 12.4 Å². The Kier molecular flexibility index (Phi) is 6.84. The van der Waals surface area contributed by atoms with E-state index in [4.69, 9.17) is 0 Å². The van der Waals surface area contributed by atoms with Gasteiger partial charge in [-0.3, -0.25) is 9.59 Å². The Morgan fingerprint density at radius 1 is 1.03 bits per heavy atom. The minimum atomic E-state index is -0.405. The highest BCUT2D eigenvalue weighted by atomic mass is 19.1. The Bertz CT molecular complexity index is 1210. The molecule has 2 aromatic carbocycles. The van der Waals surface area contributed by atoms with Crippen LogP contribution in [0.5, 0.6) is 0 Å². The van der Waals surface area contributed by atoms with Gasteiger partial charge in [0.25, 0.3) is 5.91 Å². The number of carbonyl (C=O) groups excluding carboxylic acids is 2. The minimum Gasteiger partial charge on any atom is -0.348 e. The smallest absolute Gasteiger partial charge is 0.254 e. The molecule has 1 aliphatic rings. The van der Waals surface area contributed by atoms with Gasteiger partial charge in [0.15, 0.2) is 0 Å². The molecule has 0 radical (unpaired) electrons. The van der Waals surface area contributed by atoms with Crippen LogP contribution in [0.2, 0.25) is 0 Å². The lowest BCUT2D eigenvalue weighted by Gasteiger charge is -2.39. The van der Waals surface area contributed by atoms with Gasteiger partial charge in [-0.2, -0.15) is 0 Å². The average Bonchev–Trinajstić information content (AvgIpc) is 3.29. The highest BCUT2D eigenvalue weighted by molar-refractivity contribution is 5.96. The third-order valence-corrected chi connectivity index (χ3v) is 6.71. The number of hydrogen-bond donors (Lipinski definition) is 0. The number of fused-ring (bicyclic) bond motifs is 1. The van der Waals surface area contributed by atoms with Crippen molar-refractivity contribution in [3.63, 3.8) is 0 Å². The Balaban J connectivity index is 1.60. The number of aromatic nitrogens is 1. The first-order valence-electron chi connectivity index (χ1n) is 12.2. The van der Waals surface area contributed by atoms with E-state index in [0.717, 1.165) is 16.8 Å². The molecule has 0 fully saturated rings. The molecule has 0 aliphatic carbocycles. The third-order valence-electron chi connectivity index (χ3n) is 6.71. The van der Waals surface area contributed by atoms with E-state index in [1.807, 2.05) is 62.5 Å². The van der Waals surface area contributed by atoms with Gasteiger partial charge >= 0.3 is 0 Å². The van der Waals surface area contributed by atoms with Crippen LogP contribution in [0.25, 0.3) is 0 Å². The number of hydrogen-bond acceptors (Lipinski definition) is 2. The number of nitrogens with zero attached hydrogens (tertiary/aromatic N) is 3. The fraction of sp³-hybridized carbons (Fsp3) is 0.379. The number of carbonyl (C=O) groups is 2. The summed E-state index contributed by atoms with van der Waals surface area (Å²) in [6.07, 6.45) is 1.98. The molecule has 2 heterocycles. The summed E-state index contributed by atoms with van der Waals surface area (Å²) in [6.45, 7) is 11.3. The predicted molar refractivity (Wildman–Crippen MR) is 136 cm³/mol. The molecule has 0 spiro atoms. The Morgan fingerprint density at radius 3 is 2.37 bits per heavy atom. The normalized spacial score (nSPS) is 15.7. The van der Waals surface area contributed by atoms with Gasteiger partial charge in [0, 0.05) is 36.6 Å². The van der Waals surface area contributed by atoms with E-state index >= 15 is 0 Å². The van der Waals surface area contributed by atoms with Gasteiger partial charge in [0.2, 0.25) is 5.91 Å². The van der Waals surface area contributed by atoms with Crippen molar-refractivity contribution >= 4 is 11.8 Å². The van der Waals surface area contributed by atoms with Crippen LogP contribution < -0.4 is 0 Å². The molecule has 0 saturated heterocycles. The standard InChI is InChI=1S/C29H34FN3O2/c1-20(2)33(28(35)21-11-13-23(14-12-21)29(3,4)5)19-26(34)32-17-16-31-15-7-10-25(31)27(32)22-8-6-9-24(30)18-22/h6-15,18,20,27H,16-17,19H2,1-5H3. The summed E-state index contributed by atoms with van der Waals surface area (Å²) in [5, 5.41) is 0. The summed E-state index contributed by atoms with van der Waals surface area (Å²) >= 11 is 0. The second kappa shape index (κ2) is 9.68. The van der Waals surface area contributed by atoms with Gasteiger partial charge in [-0.1, -0.05) is 45.0 Å². The second-order valence-corrected chi connectivity index (χ2v) is 10.5. The zero-order valence-electron chi connectivity index (χ0n) is 21.2. The van der Waals surface area contributed by atoms with Crippen LogP contribution in [-0.2, 0) is 16.8 Å². The molecular weight excluding hydrogens is 441 g/mol. The molecule has 0 saturated carbocycles. The Hall–Kier alpha value is -3.41. The maximum absolute atomic E-state index is 14.1. The van der Waals surface area contributed by atoms with Crippen LogP contribution >= 0.6 is 0 Å². The Labute approximate surface area is 207 Å². The van der Waals surface area contributed by atoms with Crippen LogP contribution in [0, 0.1) is 5.82 Å². The largest absolute Gasteiger partial charge is 0.348 e. The monoisotopic (exact) mass is 475 g/mol. The maximum Gasteiger partial charge on any atom is 0.254 e. The zero-order valence-corrected chi connectivity index (χ0v) is 21.2. The molecule has 1 atom stereocenters. The van der Waals surface area contributed by atoms with Gasteiger partial charge in [-0.25, -0.2) is 4.39 Å². The predicted octanol–water partition coefficient (Wildman–Crippen LogP) is 5.41. The lowest BCUT2D eigenvalue weighted by Crippen LogP contribution is -2.49. The lowest BCUT2D eigenvalue weighted by molar-refractivity contribution is -0.135. The summed E-state index contributed by atoms with van der Waals surface area (Å²) in [6, 6.07) is 17.4. The first kappa shape index (κ1) is 24.7. The van der Waals surface area contributed by atoms with Crippen molar-refractivity contribution in [1.29, 1.82) is 0 Å². The van der Waals surface area contributed by atoms with E-state index in [0.29, 0.717) is 18.7 Å². The SMILES string of the molecule is CC(C)N(CC(=O)N1CCn2cccc2C1c1cccc(F)c1)C(=O)c1ccc(C(C)(C)C)cc1. The fourth-order valence-electron chi connectivity index (χ4n) is 4.68. The molecule has 6 heteroatoms. The molecule has 5 nitrogen and oxygen atoms in total. The van der Waals surface area contributed by atoms with Gasteiger partial charge in [0.05, 0.1) is 6.04 Å². The van der Waals surface area contributed by atoms with Gasteiger partial charge in [-0.05, 0) is 66.8 Å². The van der Waals surface area contributed by atoms with E-state index in [1.54, 1.807) is 15.9 Å². The third kappa shape index (κ3) is 5.16. The highest BCUT2D eigenvalue weighted by Crippen LogP contribution is 2.33. The van der Waals surface area contributed by atoms with Crippen molar-refractivity contribution in [2.24, 2.45) is 0 Å². The van der Waals surface area contributed by atoms with Crippen molar-refractivity contribution in [1.82, 2.24) is 14.4 Å². The van der Waals surface area contributed by atoms with Crippen molar-refractivity contribution in [2.45, 2.75) is 58.7 Å². The Morgan fingerprint density at radius 2 is 1.74 bits per heavy atom. The van der Waals surface area contributed by atoms with E-state index in [2.05, 4.69) is 25.3 Å². The van der Waals surface area contributed by atoms with Gasteiger partial charge in [-0.15, -0.1) is 0 Å². The number of rotatable bonds is 5. The van der Waals surface area contributed by atoms with E-state index < -0.39 is 6.04 Å². The van der Waals surface area contributed by atoms with Crippen molar-refractivity contribution in [3.8, 4) is 0 Å². The molecule has 1 unspecified atom stereocenters. The number of benzene rings is 2. The fourth-order valence-corrected chi connectivity index (χ4v) is 4.68. The summed E-state index contributed by atoms with van der Waals surface area (Å²) in [4.78, 5) is 30.5. The maximum atomic E-state index is 14.1. The molecule has 3 aromatic rings. The molecular formula is C29H34FN3O2.